The van der Waals surface area contributed by atoms with Gasteiger partial charge in [0.15, 0.2) is 6.04 Å². The Morgan fingerprint density at radius 3 is 2.79 bits per heavy atom. The number of para-hydroxylation sites is 2. The first kappa shape index (κ1) is 20.3. The van der Waals surface area contributed by atoms with Crippen LogP contribution in [0.4, 0.5) is 11.4 Å². The van der Waals surface area contributed by atoms with E-state index in [0.717, 1.165) is 24.3 Å². The zero-order valence-electron chi connectivity index (χ0n) is 17.1. The highest BCUT2D eigenvalue weighted by Gasteiger charge is 2.47. The molecule has 2 aliphatic rings. The first-order valence-electron chi connectivity index (χ1n) is 10.0. The van der Waals surface area contributed by atoms with E-state index < -0.39 is 5.54 Å². The summed E-state index contributed by atoms with van der Waals surface area (Å²) in [6, 6.07) is 6.99. The van der Waals surface area contributed by atoms with Crippen LogP contribution < -0.4 is 15.1 Å². The fourth-order valence-electron chi connectivity index (χ4n) is 4.17. The van der Waals surface area contributed by atoms with E-state index in [1.54, 1.807) is 31.7 Å². The lowest BCUT2D eigenvalue weighted by molar-refractivity contribution is -0.921. The Hall–Kier alpha value is -2.41. The summed E-state index contributed by atoms with van der Waals surface area (Å²) in [6.45, 7) is 8.98. The number of quaternary nitrogens is 1. The van der Waals surface area contributed by atoms with Crippen LogP contribution in [-0.4, -0.2) is 49.1 Å². The molecule has 2 N–H and O–H groups in total. The van der Waals surface area contributed by atoms with Crippen molar-refractivity contribution >= 4 is 29.2 Å². The van der Waals surface area contributed by atoms with E-state index in [0.29, 0.717) is 24.5 Å². The van der Waals surface area contributed by atoms with Crippen LogP contribution in [0, 0.1) is 5.92 Å². The number of benzene rings is 1. The number of nitrogens with zero attached hydrogens (tertiary/aromatic N) is 1. The van der Waals surface area contributed by atoms with Crippen molar-refractivity contribution in [2.45, 2.75) is 52.1 Å². The first-order valence-corrected chi connectivity index (χ1v) is 10.0. The molecule has 0 aromatic heterocycles. The van der Waals surface area contributed by atoms with Gasteiger partial charge in [0, 0.05) is 0 Å². The number of ether oxygens (including phenoxy) is 1. The lowest BCUT2D eigenvalue weighted by atomic mass is 9.93. The molecule has 1 aromatic carbocycles. The standard InChI is InChI=1S/C21H29N3O4/c1-5-28-19(26)15-9-8-12-23(13-15)14(2)18(25)24-17-11-7-6-10-16(17)22-20(27)21(24,3)4/h6-7,10-11,14-15H,5,8-9,12-13H2,1-4H3,(H,22,27)/p+1/t14-,15-/m0/s1. The second kappa shape index (κ2) is 7.91. The zero-order chi connectivity index (χ0) is 20.5. The van der Waals surface area contributed by atoms with Crippen LogP contribution in [0.3, 0.4) is 0 Å². The molecule has 2 amide bonds. The molecule has 3 atom stereocenters. The van der Waals surface area contributed by atoms with Gasteiger partial charge in [0.1, 0.15) is 11.5 Å². The highest BCUT2D eigenvalue weighted by Crippen LogP contribution is 2.36. The number of likely N-dealkylation sites (tertiary alicyclic amines) is 1. The maximum absolute atomic E-state index is 13.5. The van der Waals surface area contributed by atoms with E-state index in [4.69, 9.17) is 4.74 Å². The van der Waals surface area contributed by atoms with Crippen LogP contribution in [0.1, 0.15) is 40.5 Å². The molecule has 7 nitrogen and oxygen atoms in total. The predicted octanol–water partition coefficient (Wildman–Crippen LogP) is 0.997. The molecule has 1 unspecified atom stereocenters. The fourth-order valence-corrected chi connectivity index (χ4v) is 4.17. The Balaban J connectivity index is 1.84. The maximum Gasteiger partial charge on any atom is 0.314 e. The molecular formula is C21H30N3O4+. The van der Waals surface area contributed by atoms with Gasteiger partial charge in [0.2, 0.25) is 5.91 Å². The number of hydrogen-bond donors (Lipinski definition) is 2. The lowest BCUT2D eigenvalue weighted by Crippen LogP contribution is -3.18. The second-order valence-electron chi connectivity index (χ2n) is 8.13. The third-order valence-electron chi connectivity index (χ3n) is 5.89. The number of carbonyl (C=O) groups excluding carboxylic acids is 3. The second-order valence-corrected chi connectivity index (χ2v) is 8.13. The van der Waals surface area contributed by atoms with Crippen LogP contribution in [0.2, 0.25) is 0 Å². The molecule has 1 saturated heterocycles. The van der Waals surface area contributed by atoms with Crippen molar-refractivity contribution in [3.05, 3.63) is 24.3 Å². The number of piperidine rings is 1. The fraction of sp³-hybridized carbons (Fsp3) is 0.571. The molecule has 152 valence electrons. The van der Waals surface area contributed by atoms with Gasteiger partial charge in [-0.2, -0.15) is 0 Å². The summed E-state index contributed by atoms with van der Waals surface area (Å²) in [7, 11) is 0. The van der Waals surface area contributed by atoms with Gasteiger partial charge in [0.25, 0.3) is 5.91 Å². The smallest absolute Gasteiger partial charge is 0.314 e. The summed E-state index contributed by atoms with van der Waals surface area (Å²) in [5.74, 6) is -0.664. The van der Waals surface area contributed by atoms with E-state index in [9.17, 15) is 14.4 Å². The molecule has 28 heavy (non-hydrogen) atoms. The minimum atomic E-state index is -0.991. The molecule has 2 aliphatic heterocycles. The van der Waals surface area contributed by atoms with Crippen LogP contribution >= 0.6 is 0 Å². The summed E-state index contributed by atoms with van der Waals surface area (Å²) < 4.78 is 5.18. The summed E-state index contributed by atoms with van der Waals surface area (Å²) in [4.78, 5) is 41.0. The number of esters is 1. The van der Waals surface area contributed by atoms with Crippen molar-refractivity contribution in [3.63, 3.8) is 0 Å². The third kappa shape index (κ3) is 3.63. The predicted molar refractivity (Wildman–Crippen MR) is 106 cm³/mol. The van der Waals surface area contributed by atoms with Gasteiger partial charge < -0.3 is 15.0 Å². The Morgan fingerprint density at radius 2 is 2.07 bits per heavy atom. The summed E-state index contributed by atoms with van der Waals surface area (Å²) >= 11 is 0. The van der Waals surface area contributed by atoms with Gasteiger partial charge in [-0.3, -0.25) is 19.3 Å². The molecule has 1 fully saturated rings. The molecule has 0 spiro atoms. The van der Waals surface area contributed by atoms with Gasteiger partial charge in [-0.25, -0.2) is 0 Å². The van der Waals surface area contributed by atoms with Crippen molar-refractivity contribution in [3.8, 4) is 0 Å². The van der Waals surface area contributed by atoms with Crippen LogP contribution in [0.25, 0.3) is 0 Å². The summed E-state index contributed by atoms with van der Waals surface area (Å²) in [6.07, 6.45) is 1.67. The number of nitrogens with one attached hydrogen (secondary N) is 2. The van der Waals surface area contributed by atoms with Crippen molar-refractivity contribution in [2.24, 2.45) is 5.92 Å². The number of amides is 2. The van der Waals surface area contributed by atoms with E-state index in [2.05, 4.69) is 5.32 Å². The molecule has 0 radical (unpaired) electrons. The molecule has 3 rings (SSSR count). The molecule has 0 saturated carbocycles. The number of hydrogen-bond acceptors (Lipinski definition) is 4. The Labute approximate surface area is 166 Å². The highest BCUT2D eigenvalue weighted by molar-refractivity contribution is 6.14. The normalized spacial score (nSPS) is 24.7. The van der Waals surface area contributed by atoms with E-state index in [-0.39, 0.29) is 29.7 Å². The zero-order valence-corrected chi connectivity index (χ0v) is 17.1. The Kier molecular flexibility index (Phi) is 5.74. The number of anilines is 2. The van der Waals surface area contributed by atoms with Crippen LogP contribution in [-0.2, 0) is 19.1 Å². The van der Waals surface area contributed by atoms with Crippen LogP contribution in [0.5, 0.6) is 0 Å². The van der Waals surface area contributed by atoms with Gasteiger partial charge in [0.05, 0.1) is 31.1 Å². The molecule has 7 heteroatoms. The maximum atomic E-state index is 13.5. The van der Waals surface area contributed by atoms with Crippen molar-refractivity contribution in [2.75, 3.05) is 29.9 Å². The quantitative estimate of drug-likeness (QED) is 0.754. The average Bonchev–Trinajstić information content (AvgIpc) is 2.68. The first-order chi connectivity index (χ1) is 13.3. The largest absolute Gasteiger partial charge is 0.466 e. The number of rotatable bonds is 4. The minimum Gasteiger partial charge on any atom is -0.466 e. The Bertz CT molecular complexity index is 777. The third-order valence-corrected chi connectivity index (χ3v) is 5.89. The Morgan fingerprint density at radius 1 is 1.36 bits per heavy atom. The lowest BCUT2D eigenvalue weighted by Gasteiger charge is -2.44. The van der Waals surface area contributed by atoms with Gasteiger partial charge in [-0.15, -0.1) is 0 Å². The van der Waals surface area contributed by atoms with Crippen LogP contribution in [0.15, 0.2) is 24.3 Å². The summed E-state index contributed by atoms with van der Waals surface area (Å²) in [5, 5.41) is 2.89. The van der Waals surface area contributed by atoms with Gasteiger partial charge >= 0.3 is 5.97 Å². The highest BCUT2D eigenvalue weighted by atomic mass is 16.5. The van der Waals surface area contributed by atoms with Crippen molar-refractivity contribution in [1.29, 1.82) is 0 Å². The monoisotopic (exact) mass is 388 g/mol. The molecule has 0 bridgehead atoms. The van der Waals surface area contributed by atoms with Crippen molar-refractivity contribution in [1.82, 2.24) is 0 Å². The molecule has 2 heterocycles. The topological polar surface area (TPSA) is 80.2 Å². The number of fused-ring (bicyclic) bond motifs is 1. The van der Waals surface area contributed by atoms with E-state index in [1.807, 2.05) is 25.1 Å². The van der Waals surface area contributed by atoms with Gasteiger partial charge in [-0.05, 0) is 52.7 Å². The average molecular weight is 388 g/mol. The van der Waals surface area contributed by atoms with E-state index in [1.165, 1.54) is 0 Å². The van der Waals surface area contributed by atoms with Crippen molar-refractivity contribution < 1.29 is 24.0 Å². The van der Waals surface area contributed by atoms with Gasteiger partial charge in [-0.1, -0.05) is 12.1 Å². The number of carbonyl (C=O) groups is 3. The SMILES string of the molecule is CCOC(=O)[C@H]1CCC[NH+]([C@@H](C)C(=O)N2c3ccccc3NC(=O)C2(C)C)C1. The molecule has 0 aliphatic carbocycles. The molecule has 1 aromatic rings. The van der Waals surface area contributed by atoms with E-state index >= 15 is 0 Å². The summed E-state index contributed by atoms with van der Waals surface area (Å²) in [5.41, 5.74) is 0.364. The minimum absolute atomic E-state index is 0.105. The molecular weight excluding hydrogens is 358 g/mol.